The Labute approximate surface area is 122 Å². The number of hydrogen-bond acceptors (Lipinski definition) is 5. The molecule has 1 aliphatic carbocycles. The summed E-state index contributed by atoms with van der Waals surface area (Å²) in [5.41, 5.74) is 5.86. The van der Waals surface area contributed by atoms with Crippen molar-refractivity contribution in [2.75, 3.05) is 18.9 Å². The lowest BCUT2D eigenvalue weighted by Crippen LogP contribution is -2.29. The van der Waals surface area contributed by atoms with E-state index in [0.717, 1.165) is 12.8 Å². The zero-order valence-corrected chi connectivity index (χ0v) is 11.7. The molecule has 0 unspecified atom stereocenters. The van der Waals surface area contributed by atoms with Gasteiger partial charge in [-0.3, -0.25) is 14.9 Å². The largest absolute Gasteiger partial charge is 0.398 e. The second kappa shape index (κ2) is 7.03. The first-order valence-electron chi connectivity index (χ1n) is 7.01. The number of nitrogens with zero attached hydrogens (tertiary/aromatic N) is 1. The van der Waals surface area contributed by atoms with Gasteiger partial charge in [-0.05, 0) is 18.9 Å². The van der Waals surface area contributed by atoms with Crippen LogP contribution in [-0.2, 0) is 4.74 Å². The molecule has 21 heavy (non-hydrogen) atoms. The molecule has 0 aromatic heterocycles. The highest BCUT2D eigenvalue weighted by Gasteiger charge is 2.16. The number of benzene rings is 1. The first-order chi connectivity index (χ1) is 10.1. The van der Waals surface area contributed by atoms with Crippen LogP contribution in [0.3, 0.4) is 0 Å². The average Bonchev–Trinajstić information content (AvgIpc) is 2.96. The van der Waals surface area contributed by atoms with Crippen LogP contribution in [-0.4, -0.2) is 30.1 Å². The van der Waals surface area contributed by atoms with Crippen molar-refractivity contribution in [3.05, 3.63) is 33.9 Å². The lowest BCUT2D eigenvalue weighted by molar-refractivity contribution is -0.384. The van der Waals surface area contributed by atoms with Crippen LogP contribution in [0.4, 0.5) is 11.4 Å². The third kappa shape index (κ3) is 4.16. The summed E-state index contributed by atoms with van der Waals surface area (Å²) in [6.07, 6.45) is 4.84. The Kier molecular flexibility index (Phi) is 5.10. The fourth-order valence-electron chi connectivity index (χ4n) is 2.39. The second-order valence-electron chi connectivity index (χ2n) is 5.06. The van der Waals surface area contributed by atoms with Crippen molar-refractivity contribution in [2.24, 2.45) is 0 Å². The molecule has 0 radical (unpaired) electrons. The van der Waals surface area contributed by atoms with E-state index in [1.807, 2.05) is 0 Å². The van der Waals surface area contributed by atoms with Crippen molar-refractivity contribution in [1.82, 2.24) is 5.32 Å². The van der Waals surface area contributed by atoms with Gasteiger partial charge in [0.2, 0.25) is 0 Å². The monoisotopic (exact) mass is 293 g/mol. The summed E-state index contributed by atoms with van der Waals surface area (Å²) in [4.78, 5) is 22.1. The van der Waals surface area contributed by atoms with E-state index in [4.69, 9.17) is 10.5 Å². The first-order valence-corrected chi connectivity index (χ1v) is 7.01. The maximum absolute atomic E-state index is 12.0. The first kappa shape index (κ1) is 15.2. The minimum Gasteiger partial charge on any atom is -0.398 e. The van der Waals surface area contributed by atoms with E-state index in [2.05, 4.69) is 5.32 Å². The quantitative estimate of drug-likeness (QED) is 0.360. The summed E-state index contributed by atoms with van der Waals surface area (Å²) < 4.78 is 5.63. The molecule has 3 N–H and O–H groups in total. The highest BCUT2D eigenvalue weighted by molar-refractivity contribution is 5.99. The molecule has 114 valence electrons. The third-order valence-corrected chi connectivity index (χ3v) is 3.54. The van der Waals surface area contributed by atoms with E-state index >= 15 is 0 Å². The summed E-state index contributed by atoms with van der Waals surface area (Å²) in [7, 11) is 0. The Hall–Kier alpha value is -2.15. The summed E-state index contributed by atoms with van der Waals surface area (Å²) in [5, 5.41) is 13.4. The number of hydrogen-bond donors (Lipinski definition) is 2. The number of carbonyl (C=O) groups excluding carboxylic acids is 1. The molecule has 1 amide bonds. The average molecular weight is 293 g/mol. The lowest BCUT2D eigenvalue weighted by atomic mass is 10.1. The molecule has 1 saturated carbocycles. The summed E-state index contributed by atoms with van der Waals surface area (Å²) >= 11 is 0. The van der Waals surface area contributed by atoms with Gasteiger partial charge in [0, 0.05) is 24.4 Å². The number of carbonyl (C=O) groups is 1. The minimum atomic E-state index is -0.556. The number of rotatable bonds is 6. The van der Waals surface area contributed by atoms with Gasteiger partial charge in [-0.2, -0.15) is 0 Å². The van der Waals surface area contributed by atoms with Gasteiger partial charge in [0.25, 0.3) is 11.6 Å². The number of nitro groups is 1. The fourth-order valence-corrected chi connectivity index (χ4v) is 2.39. The van der Waals surface area contributed by atoms with Gasteiger partial charge in [0.05, 0.1) is 23.2 Å². The summed E-state index contributed by atoms with van der Waals surface area (Å²) in [5.74, 6) is -0.425. The molecular formula is C14H19N3O4. The number of nitrogens with two attached hydrogens (primary N) is 1. The van der Waals surface area contributed by atoms with Gasteiger partial charge in [0.1, 0.15) is 0 Å². The van der Waals surface area contributed by atoms with E-state index in [9.17, 15) is 14.9 Å². The number of non-ortho nitro benzene ring substituents is 1. The standard InChI is InChI=1S/C14H19N3O4/c15-13-6-5-10(17(19)20)9-12(13)14(18)16-7-8-21-11-3-1-2-4-11/h5-6,9,11H,1-4,7-8,15H2,(H,16,18). The zero-order valence-electron chi connectivity index (χ0n) is 11.7. The molecule has 1 aromatic rings. The Morgan fingerprint density at radius 3 is 2.81 bits per heavy atom. The molecule has 7 nitrogen and oxygen atoms in total. The van der Waals surface area contributed by atoms with E-state index in [1.54, 1.807) is 0 Å². The number of amides is 1. The normalized spacial score (nSPS) is 15.0. The summed E-state index contributed by atoms with van der Waals surface area (Å²) in [6.45, 7) is 0.794. The van der Waals surface area contributed by atoms with Crippen LogP contribution < -0.4 is 11.1 Å². The molecule has 1 aromatic carbocycles. The van der Waals surface area contributed by atoms with Crippen LogP contribution in [0.15, 0.2) is 18.2 Å². The molecule has 0 atom stereocenters. The third-order valence-electron chi connectivity index (χ3n) is 3.54. The molecule has 0 spiro atoms. The van der Waals surface area contributed by atoms with E-state index in [1.165, 1.54) is 31.0 Å². The van der Waals surface area contributed by atoms with Crippen LogP contribution in [0.5, 0.6) is 0 Å². The van der Waals surface area contributed by atoms with Gasteiger partial charge < -0.3 is 15.8 Å². The van der Waals surface area contributed by atoms with Crippen LogP contribution >= 0.6 is 0 Å². The van der Waals surface area contributed by atoms with Gasteiger partial charge >= 0.3 is 0 Å². The molecule has 0 bridgehead atoms. The number of ether oxygens (including phenoxy) is 1. The van der Waals surface area contributed by atoms with Gasteiger partial charge in [0.15, 0.2) is 0 Å². The Bertz CT molecular complexity index is 527. The van der Waals surface area contributed by atoms with Crippen LogP contribution in [0.1, 0.15) is 36.0 Å². The molecular weight excluding hydrogens is 274 g/mol. The second-order valence-corrected chi connectivity index (χ2v) is 5.06. The number of anilines is 1. The van der Waals surface area contributed by atoms with Crippen molar-refractivity contribution in [3.63, 3.8) is 0 Å². The van der Waals surface area contributed by atoms with Crippen molar-refractivity contribution in [3.8, 4) is 0 Å². The Morgan fingerprint density at radius 1 is 1.43 bits per heavy atom. The molecule has 0 heterocycles. The van der Waals surface area contributed by atoms with Crippen LogP contribution in [0.2, 0.25) is 0 Å². The van der Waals surface area contributed by atoms with E-state index in [0.29, 0.717) is 19.3 Å². The van der Waals surface area contributed by atoms with Gasteiger partial charge in [-0.25, -0.2) is 0 Å². The minimum absolute atomic E-state index is 0.116. The maximum Gasteiger partial charge on any atom is 0.270 e. The fraction of sp³-hybridized carbons (Fsp3) is 0.500. The van der Waals surface area contributed by atoms with Crippen molar-refractivity contribution < 1.29 is 14.5 Å². The molecule has 0 saturated heterocycles. The lowest BCUT2D eigenvalue weighted by Gasteiger charge is -2.12. The van der Waals surface area contributed by atoms with Gasteiger partial charge in [-0.15, -0.1) is 0 Å². The molecule has 2 rings (SSSR count). The number of nitrogen functional groups attached to an aromatic ring is 1. The highest BCUT2D eigenvalue weighted by atomic mass is 16.6. The number of nitrogens with one attached hydrogen (secondary N) is 1. The zero-order chi connectivity index (χ0) is 15.2. The molecule has 1 aliphatic rings. The van der Waals surface area contributed by atoms with Crippen molar-refractivity contribution in [2.45, 2.75) is 31.8 Å². The highest BCUT2D eigenvalue weighted by Crippen LogP contribution is 2.21. The van der Waals surface area contributed by atoms with Crippen molar-refractivity contribution in [1.29, 1.82) is 0 Å². The van der Waals surface area contributed by atoms with Gasteiger partial charge in [-0.1, -0.05) is 12.8 Å². The topological polar surface area (TPSA) is 107 Å². The molecule has 7 heteroatoms. The summed E-state index contributed by atoms with van der Waals surface area (Å²) in [6, 6.07) is 3.82. The molecule has 0 aliphatic heterocycles. The predicted molar refractivity (Wildman–Crippen MR) is 78.1 cm³/mol. The van der Waals surface area contributed by atoms with Crippen LogP contribution in [0.25, 0.3) is 0 Å². The van der Waals surface area contributed by atoms with E-state index in [-0.39, 0.29) is 16.9 Å². The van der Waals surface area contributed by atoms with E-state index < -0.39 is 10.8 Å². The van der Waals surface area contributed by atoms with Crippen LogP contribution in [0, 0.1) is 10.1 Å². The Morgan fingerprint density at radius 2 is 2.14 bits per heavy atom. The SMILES string of the molecule is Nc1ccc([N+](=O)[O-])cc1C(=O)NCCOC1CCCC1. The Balaban J connectivity index is 1.84. The smallest absolute Gasteiger partial charge is 0.270 e. The number of nitro benzene ring substituents is 1. The predicted octanol–water partition coefficient (Wildman–Crippen LogP) is 1.87. The molecule has 1 fully saturated rings. The van der Waals surface area contributed by atoms with Crippen molar-refractivity contribution >= 4 is 17.3 Å². The maximum atomic E-state index is 12.0.